The molecular formula is C23H25ClN2O5. The minimum atomic E-state index is -0.810. The van der Waals surface area contributed by atoms with Gasteiger partial charge in [-0.3, -0.25) is 0 Å². The van der Waals surface area contributed by atoms with Gasteiger partial charge in [0.05, 0.1) is 37.6 Å². The van der Waals surface area contributed by atoms with Crippen molar-refractivity contribution in [2.24, 2.45) is 0 Å². The predicted octanol–water partition coefficient (Wildman–Crippen LogP) is 4.47. The Labute approximate surface area is 186 Å². The molecule has 7 nitrogen and oxygen atoms in total. The Kier molecular flexibility index (Phi) is 7.41. The Morgan fingerprint density at radius 1 is 1.13 bits per heavy atom. The maximum absolute atomic E-state index is 13.0. The third-order valence-electron chi connectivity index (χ3n) is 4.69. The van der Waals surface area contributed by atoms with Crippen LogP contribution >= 0.6 is 11.6 Å². The zero-order valence-electron chi connectivity index (χ0n) is 17.7. The number of carbonyl (C=O) groups is 2. The highest BCUT2D eigenvalue weighted by Crippen LogP contribution is 2.38. The van der Waals surface area contributed by atoms with Crippen molar-refractivity contribution >= 4 is 29.3 Å². The monoisotopic (exact) mass is 444 g/mol. The van der Waals surface area contributed by atoms with Crippen LogP contribution in [0.1, 0.15) is 37.4 Å². The number of urea groups is 1. The quantitative estimate of drug-likeness (QED) is 0.587. The number of methoxy groups -OCH3 is 1. The average Bonchev–Trinajstić information content (AvgIpc) is 2.77. The zero-order chi connectivity index (χ0) is 22.4. The van der Waals surface area contributed by atoms with E-state index in [1.54, 1.807) is 56.5 Å². The molecule has 0 fully saturated rings. The van der Waals surface area contributed by atoms with Crippen LogP contribution in [0.3, 0.4) is 0 Å². The van der Waals surface area contributed by atoms with Gasteiger partial charge in [-0.1, -0.05) is 18.5 Å². The number of ether oxygens (including phenoxy) is 3. The van der Waals surface area contributed by atoms with Gasteiger partial charge in [0.1, 0.15) is 11.5 Å². The third-order valence-corrected chi connectivity index (χ3v) is 4.93. The molecule has 3 rings (SSSR count). The molecule has 164 valence electrons. The summed E-state index contributed by atoms with van der Waals surface area (Å²) in [4.78, 5) is 25.6. The van der Waals surface area contributed by atoms with E-state index in [1.807, 2.05) is 6.92 Å². The topological polar surface area (TPSA) is 85.9 Å². The van der Waals surface area contributed by atoms with E-state index in [2.05, 4.69) is 10.6 Å². The Morgan fingerprint density at radius 2 is 1.87 bits per heavy atom. The van der Waals surface area contributed by atoms with Crippen molar-refractivity contribution in [2.75, 3.05) is 20.3 Å². The lowest BCUT2D eigenvalue weighted by Gasteiger charge is -2.30. The van der Waals surface area contributed by atoms with E-state index in [0.717, 1.165) is 6.42 Å². The number of rotatable bonds is 8. The molecule has 2 aromatic carbocycles. The second-order valence-corrected chi connectivity index (χ2v) is 7.24. The van der Waals surface area contributed by atoms with Crippen LogP contribution in [0.25, 0.3) is 5.70 Å². The van der Waals surface area contributed by atoms with E-state index in [1.165, 1.54) is 0 Å². The highest BCUT2D eigenvalue weighted by atomic mass is 35.5. The molecule has 31 heavy (non-hydrogen) atoms. The number of amides is 2. The largest absolute Gasteiger partial charge is 0.497 e. The molecule has 0 saturated carbocycles. The third kappa shape index (κ3) is 5.11. The molecule has 1 aliphatic heterocycles. The molecule has 2 N–H and O–H groups in total. The van der Waals surface area contributed by atoms with Gasteiger partial charge in [0.2, 0.25) is 0 Å². The lowest BCUT2D eigenvalue weighted by atomic mass is 9.92. The predicted molar refractivity (Wildman–Crippen MR) is 118 cm³/mol. The molecule has 8 heteroatoms. The molecule has 1 unspecified atom stereocenters. The molecular weight excluding hydrogens is 420 g/mol. The minimum Gasteiger partial charge on any atom is -0.497 e. The van der Waals surface area contributed by atoms with E-state index in [9.17, 15) is 9.59 Å². The van der Waals surface area contributed by atoms with Gasteiger partial charge >= 0.3 is 12.0 Å². The fraction of sp³-hybridized carbons (Fsp3) is 0.304. The van der Waals surface area contributed by atoms with E-state index in [-0.39, 0.29) is 12.2 Å². The van der Waals surface area contributed by atoms with E-state index in [0.29, 0.717) is 40.0 Å². The van der Waals surface area contributed by atoms with Crippen LogP contribution in [-0.2, 0) is 9.53 Å². The Hall–Kier alpha value is -3.19. The number of carbonyl (C=O) groups excluding carboxylic acids is 2. The highest BCUT2D eigenvalue weighted by molar-refractivity contribution is 6.30. The Bertz CT molecular complexity index is 988. The Balaban J connectivity index is 2.19. The smallest absolute Gasteiger partial charge is 0.338 e. The van der Waals surface area contributed by atoms with E-state index < -0.39 is 18.0 Å². The summed E-state index contributed by atoms with van der Waals surface area (Å²) >= 11 is 6.25. The number of esters is 1. The fourth-order valence-corrected chi connectivity index (χ4v) is 3.48. The second-order valence-electron chi connectivity index (χ2n) is 6.80. The van der Waals surface area contributed by atoms with Crippen molar-refractivity contribution in [1.29, 1.82) is 0 Å². The van der Waals surface area contributed by atoms with Crippen LogP contribution in [0.2, 0.25) is 5.02 Å². The van der Waals surface area contributed by atoms with Gasteiger partial charge in [0.25, 0.3) is 0 Å². The van der Waals surface area contributed by atoms with E-state index in [4.69, 9.17) is 25.8 Å². The van der Waals surface area contributed by atoms with Crippen molar-refractivity contribution in [3.63, 3.8) is 0 Å². The molecule has 0 spiro atoms. The Morgan fingerprint density at radius 3 is 2.52 bits per heavy atom. The van der Waals surface area contributed by atoms with Gasteiger partial charge in [-0.05, 0) is 61.4 Å². The molecule has 0 radical (unpaired) electrons. The van der Waals surface area contributed by atoms with Crippen molar-refractivity contribution in [1.82, 2.24) is 10.6 Å². The number of nitrogens with one attached hydrogen (secondary N) is 2. The summed E-state index contributed by atoms with van der Waals surface area (Å²) in [6.45, 7) is 4.39. The van der Waals surface area contributed by atoms with Crippen molar-refractivity contribution in [2.45, 2.75) is 26.3 Å². The molecule has 1 aliphatic rings. The first-order valence-electron chi connectivity index (χ1n) is 10.0. The van der Waals surface area contributed by atoms with Gasteiger partial charge in [-0.25, -0.2) is 9.59 Å². The molecule has 1 atom stereocenters. The first-order chi connectivity index (χ1) is 15.0. The normalized spacial score (nSPS) is 15.7. The van der Waals surface area contributed by atoms with Crippen LogP contribution in [0.4, 0.5) is 4.79 Å². The van der Waals surface area contributed by atoms with Gasteiger partial charge in [0, 0.05) is 10.6 Å². The molecule has 0 aromatic heterocycles. The SMILES string of the molecule is CCCOc1ccc(Cl)cc1C1NC(=O)NC(c2ccc(OC)cc2)=C1C(=O)OCC. The number of benzene rings is 2. The van der Waals surface area contributed by atoms with Crippen LogP contribution in [0, 0.1) is 0 Å². The summed E-state index contributed by atoms with van der Waals surface area (Å²) in [6.07, 6.45) is 0.804. The van der Waals surface area contributed by atoms with Gasteiger partial charge in [-0.15, -0.1) is 0 Å². The van der Waals surface area contributed by atoms with Gasteiger partial charge in [0.15, 0.2) is 0 Å². The molecule has 0 bridgehead atoms. The first kappa shape index (κ1) is 22.5. The van der Waals surface area contributed by atoms with Crippen molar-refractivity contribution in [3.05, 3.63) is 64.2 Å². The minimum absolute atomic E-state index is 0.188. The maximum atomic E-state index is 13.0. The summed E-state index contributed by atoms with van der Waals surface area (Å²) in [7, 11) is 1.57. The summed E-state index contributed by atoms with van der Waals surface area (Å²) in [5, 5.41) is 6.03. The number of hydrogen-bond donors (Lipinski definition) is 2. The highest BCUT2D eigenvalue weighted by Gasteiger charge is 2.36. The zero-order valence-corrected chi connectivity index (χ0v) is 18.4. The molecule has 0 aliphatic carbocycles. The summed E-state index contributed by atoms with van der Waals surface area (Å²) in [5.74, 6) is 0.644. The van der Waals surface area contributed by atoms with Gasteiger partial charge < -0.3 is 24.8 Å². The van der Waals surface area contributed by atoms with Crippen molar-refractivity contribution < 1.29 is 23.8 Å². The van der Waals surface area contributed by atoms with E-state index >= 15 is 0 Å². The number of hydrogen-bond acceptors (Lipinski definition) is 5. The second kappa shape index (κ2) is 10.2. The van der Waals surface area contributed by atoms with Crippen LogP contribution < -0.4 is 20.1 Å². The van der Waals surface area contributed by atoms with Crippen LogP contribution in [-0.4, -0.2) is 32.3 Å². The summed E-state index contributed by atoms with van der Waals surface area (Å²) in [6, 6.07) is 10.9. The van der Waals surface area contributed by atoms with Crippen LogP contribution in [0.15, 0.2) is 48.0 Å². The fourth-order valence-electron chi connectivity index (χ4n) is 3.30. The maximum Gasteiger partial charge on any atom is 0.338 e. The van der Waals surface area contributed by atoms with Gasteiger partial charge in [-0.2, -0.15) is 0 Å². The summed E-state index contributed by atoms with van der Waals surface area (Å²) < 4.78 is 16.4. The molecule has 1 heterocycles. The van der Waals surface area contributed by atoms with Crippen LogP contribution in [0.5, 0.6) is 11.5 Å². The lowest BCUT2D eigenvalue weighted by Crippen LogP contribution is -2.45. The summed E-state index contributed by atoms with van der Waals surface area (Å²) in [5.41, 5.74) is 1.83. The molecule has 2 amide bonds. The number of halogens is 1. The lowest BCUT2D eigenvalue weighted by molar-refractivity contribution is -0.138. The average molecular weight is 445 g/mol. The first-order valence-corrected chi connectivity index (χ1v) is 10.4. The molecule has 0 saturated heterocycles. The molecule has 2 aromatic rings. The van der Waals surface area contributed by atoms with Crippen molar-refractivity contribution in [3.8, 4) is 11.5 Å². The standard InChI is InChI=1S/C23H25ClN2O5/c1-4-12-31-18-11-8-15(24)13-17(18)21-19(22(27)30-5-2)20(25-23(28)26-21)14-6-9-16(29-3)10-7-14/h6-11,13,21H,4-5,12H2,1-3H3,(H2,25,26,28).